The van der Waals surface area contributed by atoms with Crippen LogP contribution in [0.25, 0.3) is 0 Å². The molecule has 0 fully saturated rings. The highest BCUT2D eigenvalue weighted by molar-refractivity contribution is 9.10. The fraction of sp³-hybridized carbons (Fsp3) is 0.0714. The molecule has 0 unspecified atom stereocenters. The first-order valence-electron chi connectivity index (χ1n) is 5.53. The van der Waals surface area contributed by atoms with Gasteiger partial charge in [-0.1, -0.05) is 30.4 Å². The molecule has 2 aromatic carbocycles. The first-order valence-corrected chi connectivity index (χ1v) is 6.73. The molecule has 0 saturated carbocycles. The number of nitrogens with two attached hydrogens (primary N) is 1. The van der Waals surface area contributed by atoms with Crippen LogP contribution in [0.4, 0.5) is 4.39 Å². The largest absolute Gasteiger partial charge is 0.489 e. The quantitative estimate of drug-likeness (QED) is 0.860. The van der Waals surface area contributed by atoms with Gasteiger partial charge in [0.1, 0.15) is 23.2 Å². The van der Waals surface area contributed by atoms with Crippen LogP contribution < -0.4 is 10.5 Å². The van der Waals surface area contributed by atoms with E-state index in [4.69, 9.17) is 22.7 Å². The topological polar surface area (TPSA) is 35.2 Å². The van der Waals surface area contributed by atoms with E-state index >= 15 is 0 Å². The molecule has 0 atom stereocenters. The number of rotatable bonds is 4. The second kappa shape index (κ2) is 6.12. The summed E-state index contributed by atoms with van der Waals surface area (Å²) >= 11 is 8.28. The third-order valence-corrected chi connectivity index (χ3v) is 3.43. The summed E-state index contributed by atoms with van der Waals surface area (Å²) in [7, 11) is 0. The van der Waals surface area contributed by atoms with Gasteiger partial charge in [0.2, 0.25) is 0 Å². The molecule has 0 radical (unpaired) electrons. The highest BCUT2D eigenvalue weighted by atomic mass is 79.9. The highest BCUT2D eigenvalue weighted by Gasteiger charge is 2.06. The van der Waals surface area contributed by atoms with Crippen molar-refractivity contribution in [3.63, 3.8) is 0 Å². The number of halogens is 2. The predicted octanol–water partition coefficient (Wildman–Crippen LogP) is 3.80. The van der Waals surface area contributed by atoms with Gasteiger partial charge in [-0.15, -0.1) is 0 Å². The zero-order valence-corrected chi connectivity index (χ0v) is 12.3. The van der Waals surface area contributed by atoms with Crippen molar-refractivity contribution in [3.8, 4) is 5.75 Å². The average molecular weight is 340 g/mol. The zero-order valence-electron chi connectivity index (χ0n) is 9.90. The Labute approximate surface area is 124 Å². The van der Waals surface area contributed by atoms with Gasteiger partial charge in [-0.05, 0) is 40.2 Å². The number of ether oxygens (including phenoxy) is 1. The molecular formula is C14H11BrFNOS. The number of thiocarbonyl (C=S) groups is 1. The van der Waals surface area contributed by atoms with E-state index in [2.05, 4.69) is 15.9 Å². The number of hydrogen-bond donors (Lipinski definition) is 1. The van der Waals surface area contributed by atoms with Gasteiger partial charge < -0.3 is 10.5 Å². The molecule has 19 heavy (non-hydrogen) atoms. The van der Waals surface area contributed by atoms with Crippen LogP contribution in [0.5, 0.6) is 5.75 Å². The Morgan fingerprint density at radius 2 is 2.00 bits per heavy atom. The van der Waals surface area contributed by atoms with Gasteiger partial charge in [0.15, 0.2) is 0 Å². The molecule has 0 aliphatic carbocycles. The lowest BCUT2D eigenvalue weighted by Gasteiger charge is -2.09. The minimum atomic E-state index is -0.277. The Bertz CT molecular complexity index is 618. The van der Waals surface area contributed by atoms with Crippen molar-refractivity contribution in [3.05, 3.63) is 63.9 Å². The summed E-state index contributed by atoms with van der Waals surface area (Å²) in [5.41, 5.74) is 6.82. The van der Waals surface area contributed by atoms with Gasteiger partial charge in [0, 0.05) is 15.6 Å². The van der Waals surface area contributed by atoms with Gasteiger partial charge in [0.05, 0.1) is 0 Å². The summed E-state index contributed by atoms with van der Waals surface area (Å²) in [5, 5.41) is 0. The summed E-state index contributed by atoms with van der Waals surface area (Å²) < 4.78 is 19.7. The van der Waals surface area contributed by atoms with Crippen LogP contribution in [0.15, 0.2) is 46.9 Å². The molecule has 2 aromatic rings. The molecular weight excluding hydrogens is 329 g/mol. The Hall–Kier alpha value is -1.46. The van der Waals surface area contributed by atoms with Crippen LogP contribution in [-0.2, 0) is 6.61 Å². The third kappa shape index (κ3) is 3.52. The molecule has 0 amide bonds. The van der Waals surface area contributed by atoms with Crippen LogP contribution in [0, 0.1) is 5.82 Å². The first-order chi connectivity index (χ1) is 9.08. The maximum Gasteiger partial charge on any atom is 0.129 e. The lowest BCUT2D eigenvalue weighted by Crippen LogP contribution is -2.10. The average Bonchev–Trinajstić information content (AvgIpc) is 2.37. The summed E-state index contributed by atoms with van der Waals surface area (Å²) in [5.74, 6) is 0.344. The number of hydrogen-bond acceptors (Lipinski definition) is 2. The van der Waals surface area contributed by atoms with Gasteiger partial charge >= 0.3 is 0 Å². The molecule has 2 nitrogen and oxygen atoms in total. The van der Waals surface area contributed by atoms with E-state index in [1.54, 1.807) is 36.4 Å². The minimum absolute atomic E-state index is 0.172. The molecule has 2 rings (SSSR count). The monoisotopic (exact) mass is 339 g/mol. The summed E-state index contributed by atoms with van der Waals surface area (Å²) in [6.45, 7) is 0.172. The molecule has 98 valence electrons. The maximum absolute atomic E-state index is 13.4. The summed E-state index contributed by atoms with van der Waals surface area (Å²) in [6, 6.07) is 11.8. The smallest absolute Gasteiger partial charge is 0.129 e. The van der Waals surface area contributed by atoms with Crippen molar-refractivity contribution in [1.82, 2.24) is 0 Å². The van der Waals surface area contributed by atoms with Gasteiger partial charge in [-0.3, -0.25) is 0 Å². The van der Waals surface area contributed by atoms with E-state index < -0.39 is 0 Å². The van der Waals surface area contributed by atoms with E-state index in [0.29, 0.717) is 16.3 Å². The van der Waals surface area contributed by atoms with Crippen LogP contribution in [-0.4, -0.2) is 4.99 Å². The molecule has 0 heterocycles. The van der Waals surface area contributed by atoms with Crippen LogP contribution >= 0.6 is 28.1 Å². The Morgan fingerprint density at radius 3 is 2.63 bits per heavy atom. The zero-order chi connectivity index (χ0) is 13.8. The van der Waals surface area contributed by atoms with E-state index in [1.807, 2.05) is 0 Å². The molecule has 0 aromatic heterocycles. The predicted molar refractivity (Wildman–Crippen MR) is 80.8 cm³/mol. The Balaban J connectivity index is 2.11. The van der Waals surface area contributed by atoms with Crippen molar-refractivity contribution in [2.75, 3.05) is 0 Å². The van der Waals surface area contributed by atoms with Gasteiger partial charge in [-0.25, -0.2) is 4.39 Å². The fourth-order valence-corrected chi connectivity index (χ4v) is 2.44. The Morgan fingerprint density at radius 1 is 1.26 bits per heavy atom. The summed E-state index contributed by atoms with van der Waals surface area (Å²) in [6.07, 6.45) is 0. The lowest BCUT2D eigenvalue weighted by molar-refractivity contribution is 0.299. The molecule has 5 heteroatoms. The minimum Gasteiger partial charge on any atom is -0.489 e. The Kier molecular flexibility index (Phi) is 4.50. The molecule has 0 saturated heterocycles. The molecule has 0 spiro atoms. The SMILES string of the molecule is NC(=S)c1ccc(OCc2ccccc2F)cc1Br. The second-order valence-corrected chi connectivity index (χ2v) is 5.18. The van der Waals surface area contributed by atoms with Crippen LogP contribution in [0.2, 0.25) is 0 Å². The van der Waals surface area contributed by atoms with Crippen molar-refractivity contribution in [2.45, 2.75) is 6.61 Å². The van der Waals surface area contributed by atoms with Crippen molar-refractivity contribution < 1.29 is 9.13 Å². The molecule has 2 N–H and O–H groups in total. The second-order valence-electron chi connectivity index (χ2n) is 3.89. The molecule has 0 aliphatic heterocycles. The lowest BCUT2D eigenvalue weighted by atomic mass is 10.2. The third-order valence-electron chi connectivity index (χ3n) is 2.56. The van der Waals surface area contributed by atoms with E-state index in [-0.39, 0.29) is 12.4 Å². The van der Waals surface area contributed by atoms with Crippen LogP contribution in [0.1, 0.15) is 11.1 Å². The van der Waals surface area contributed by atoms with E-state index in [9.17, 15) is 4.39 Å². The fourth-order valence-electron chi connectivity index (χ4n) is 1.56. The van der Waals surface area contributed by atoms with Gasteiger partial charge in [0.25, 0.3) is 0 Å². The van der Waals surface area contributed by atoms with Crippen molar-refractivity contribution >= 4 is 33.1 Å². The normalized spacial score (nSPS) is 10.2. The standard InChI is InChI=1S/C14H11BrFNOS/c15-12-7-10(5-6-11(12)14(17)19)18-8-9-3-1-2-4-13(9)16/h1-7H,8H2,(H2,17,19). The van der Waals surface area contributed by atoms with Crippen molar-refractivity contribution in [2.24, 2.45) is 5.73 Å². The maximum atomic E-state index is 13.4. The molecule has 0 aliphatic rings. The van der Waals surface area contributed by atoms with E-state index in [1.165, 1.54) is 6.07 Å². The number of benzene rings is 2. The molecule has 0 bridgehead atoms. The highest BCUT2D eigenvalue weighted by Crippen LogP contribution is 2.24. The first kappa shape index (κ1) is 14.0. The van der Waals surface area contributed by atoms with E-state index in [0.717, 1.165) is 10.0 Å². The summed E-state index contributed by atoms with van der Waals surface area (Å²) in [4.78, 5) is 0.313. The van der Waals surface area contributed by atoms with Crippen molar-refractivity contribution in [1.29, 1.82) is 0 Å². The van der Waals surface area contributed by atoms with Crippen LogP contribution in [0.3, 0.4) is 0 Å². The van der Waals surface area contributed by atoms with Gasteiger partial charge in [-0.2, -0.15) is 0 Å².